The zero-order chi connectivity index (χ0) is 34.8. The molecule has 1 aliphatic rings. The van der Waals surface area contributed by atoms with E-state index >= 15 is 0 Å². The van der Waals surface area contributed by atoms with Crippen LogP contribution in [0.4, 0.5) is 46.9 Å². The molecular weight excluding hydrogens is 669 g/mol. The fourth-order valence-electron chi connectivity index (χ4n) is 4.60. The van der Waals surface area contributed by atoms with Crippen LogP contribution in [0.3, 0.4) is 0 Å². The summed E-state index contributed by atoms with van der Waals surface area (Å²) >= 11 is 0.961. The van der Waals surface area contributed by atoms with Crippen molar-refractivity contribution in [3.63, 3.8) is 0 Å². The molecule has 2 heterocycles. The predicted molar refractivity (Wildman–Crippen MR) is 166 cm³/mol. The number of hydrogen-bond donors (Lipinski definition) is 2. The third kappa shape index (κ3) is 8.32. The summed E-state index contributed by atoms with van der Waals surface area (Å²) in [6, 6.07) is 11.0. The summed E-state index contributed by atoms with van der Waals surface area (Å²) in [6.45, 7) is 3.55. The van der Waals surface area contributed by atoms with Gasteiger partial charge >= 0.3 is 18.6 Å². The number of rotatable bonds is 7. The highest BCUT2D eigenvalue weighted by Gasteiger charge is 2.36. The Balaban J connectivity index is 1.27. The molecule has 1 aromatic heterocycles. The first-order chi connectivity index (χ1) is 22.6. The van der Waals surface area contributed by atoms with Crippen LogP contribution in [0.2, 0.25) is 0 Å². The van der Waals surface area contributed by atoms with Crippen LogP contribution in [0.1, 0.15) is 42.3 Å². The van der Waals surface area contributed by atoms with Crippen molar-refractivity contribution in [1.29, 1.82) is 0 Å². The van der Waals surface area contributed by atoms with Gasteiger partial charge in [0.05, 0.1) is 16.9 Å². The van der Waals surface area contributed by atoms with Crippen LogP contribution in [0.5, 0.6) is 5.75 Å². The second-order valence-electron chi connectivity index (χ2n) is 10.6. The van der Waals surface area contributed by atoms with Crippen molar-refractivity contribution in [3.8, 4) is 11.4 Å². The van der Waals surface area contributed by atoms with E-state index in [4.69, 9.17) is 0 Å². The number of amides is 2. The van der Waals surface area contributed by atoms with Crippen molar-refractivity contribution >= 4 is 46.5 Å². The minimum atomic E-state index is -4.82. The second kappa shape index (κ2) is 13.7. The molecule has 1 saturated heterocycles. The van der Waals surface area contributed by atoms with Crippen molar-refractivity contribution in [1.82, 2.24) is 14.8 Å². The van der Waals surface area contributed by atoms with Gasteiger partial charge in [-0.05, 0) is 71.7 Å². The van der Waals surface area contributed by atoms with Crippen molar-refractivity contribution in [2.45, 2.75) is 38.5 Å². The van der Waals surface area contributed by atoms with Gasteiger partial charge in [0.15, 0.2) is 11.0 Å². The average Bonchev–Trinajstić information content (AvgIpc) is 3.62. The van der Waals surface area contributed by atoms with E-state index in [1.807, 2.05) is 0 Å². The van der Waals surface area contributed by atoms with E-state index in [1.165, 1.54) is 53.5 Å². The minimum absolute atomic E-state index is 0.0333. The smallest absolute Gasteiger partial charge is 0.406 e. The maximum Gasteiger partial charge on any atom is 0.573 e. The van der Waals surface area contributed by atoms with Crippen LogP contribution in [-0.2, 0) is 6.18 Å². The summed E-state index contributed by atoms with van der Waals surface area (Å²) in [6.07, 6.45) is -6.43. The fraction of sp³-hybridized carbons (Fsp3) is 0.226. The first-order valence-corrected chi connectivity index (χ1v) is 15.0. The summed E-state index contributed by atoms with van der Waals surface area (Å²) in [7, 11) is 0. The van der Waals surface area contributed by atoms with Gasteiger partial charge in [-0.15, -0.1) is 18.3 Å². The Morgan fingerprint density at radius 3 is 2.44 bits per heavy atom. The molecule has 4 aromatic rings. The molecule has 0 bridgehead atoms. The number of alkyl halides is 6. The van der Waals surface area contributed by atoms with Crippen LogP contribution < -0.4 is 15.0 Å². The van der Waals surface area contributed by atoms with E-state index < -0.39 is 41.9 Å². The third-order valence-electron chi connectivity index (χ3n) is 6.81. The lowest BCUT2D eigenvalue weighted by Crippen LogP contribution is -2.35. The Morgan fingerprint density at radius 1 is 1.06 bits per heavy atom. The SMILES string of the molecule is CC(C)c1ccc(C(F)(F)F)cc1N1/C(=N/C(=O)Nc2ccc(/C=C/c3ncn(-c4ccc(OC(F)(F)F)cc4)n3)cc2F)SCC1O. The standard InChI is InChI=1S/C31H25F7N6O3S/c1-17(2)22-10-5-19(30(33,34)35)14-25(22)44-27(45)15-48-29(44)41-28(46)40-24-11-3-18(13-23(24)32)4-12-26-39-16-43(42-26)20-6-8-21(9-7-20)47-31(36,37)38/h3-14,16-17,27,45H,15H2,1-2H3,(H,40,46)/b12-4+,41-29-. The number of thioether (sulfide) groups is 1. The molecule has 1 aliphatic heterocycles. The number of hydrogen-bond acceptors (Lipinski definition) is 6. The van der Waals surface area contributed by atoms with E-state index in [0.717, 1.165) is 47.0 Å². The van der Waals surface area contributed by atoms with E-state index in [2.05, 4.69) is 25.1 Å². The molecule has 17 heteroatoms. The number of aliphatic imine (C=N–C) groups is 1. The minimum Gasteiger partial charge on any atom is -0.406 e. The van der Waals surface area contributed by atoms with E-state index in [0.29, 0.717) is 16.8 Å². The first kappa shape index (κ1) is 34.4. The fourth-order valence-corrected chi connectivity index (χ4v) is 5.56. The van der Waals surface area contributed by atoms with Gasteiger partial charge in [0.25, 0.3) is 0 Å². The number of benzene rings is 3. The number of aliphatic hydroxyl groups is 1. The average molecular weight is 695 g/mol. The van der Waals surface area contributed by atoms with Crippen LogP contribution in [0.25, 0.3) is 17.8 Å². The lowest BCUT2D eigenvalue weighted by atomic mass is 9.98. The van der Waals surface area contributed by atoms with Crippen molar-refractivity contribution in [3.05, 3.63) is 95.3 Å². The van der Waals surface area contributed by atoms with E-state index in [-0.39, 0.29) is 34.0 Å². The topological polar surface area (TPSA) is 105 Å². The summed E-state index contributed by atoms with van der Waals surface area (Å²) in [5.41, 5.74) is 0.187. The molecule has 1 atom stereocenters. The Hall–Kier alpha value is -4.90. The number of ether oxygens (including phenoxy) is 1. The Kier molecular flexibility index (Phi) is 9.81. The molecule has 3 aromatic carbocycles. The molecule has 1 unspecified atom stereocenters. The Labute approximate surface area is 272 Å². The second-order valence-corrected chi connectivity index (χ2v) is 11.6. The van der Waals surface area contributed by atoms with E-state index in [1.54, 1.807) is 13.8 Å². The highest BCUT2D eigenvalue weighted by Crippen LogP contribution is 2.39. The molecule has 252 valence electrons. The van der Waals surface area contributed by atoms with Gasteiger partial charge in [0.1, 0.15) is 24.1 Å². The van der Waals surface area contributed by atoms with Crippen LogP contribution in [-0.4, -0.2) is 49.4 Å². The number of amidine groups is 1. The first-order valence-electron chi connectivity index (χ1n) is 14.0. The number of aromatic nitrogens is 3. The summed E-state index contributed by atoms with van der Waals surface area (Å²) in [4.78, 5) is 22.0. The van der Waals surface area contributed by atoms with Gasteiger partial charge in [-0.25, -0.2) is 18.9 Å². The molecule has 1 fully saturated rings. The zero-order valence-corrected chi connectivity index (χ0v) is 25.7. The quantitative estimate of drug-likeness (QED) is 0.189. The monoisotopic (exact) mass is 694 g/mol. The summed E-state index contributed by atoms with van der Waals surface area (Å²) < 4.78 is 97.7. The van der Waals surface area contributed by atoms with Gasteiger partial charge in [0, 0.05) is 11.4 Å². The summed E-state index contributed by atoms with van der Waals surface area (Å²) in [5, 5.41) is 17.1. The van der Waals surface area contributed by atoms with Crippen LogP contribution in [0.15, 0.2) is 72.0 Å². The molecule has 2 amide bonds. The van der Waals surface area contributed by atoms with Gasteiger partial charge < -0.3 is 15.2 Å². The maximum absolute atomic E-state index is 14.9. The lowest BCUT2D eigenvalue weighted by Gasteiger charge is -2.27. The van der Waals surface area contributed by atoms with Crippen molar-refractivity contribution in [2.75, 3.05) is 16.0 Å². The Bertz CT molecular complexity index is 1860. The molecule has 9 nitrogen and oxygen atoms in total. The number of aliphatic hydroxyl groups excluding tert-OH is 1. The Morgan fingerprint density at radius 2 is 1.79 bits per heavy atom. The largest absolute Gasteiger partial charge is 0.573 e. The number of urea groups is 1. The lowest BCUT2D eigenvalue weighted by molar-refractivity contribution is -0.274. The number of nitrogens with zero attached hydrogens (tertiary/aromatic N) is 5. The number of carbonyl (C=O) groups excluding carboxylic acids is 1. The van der Waals surface area contributed by atoms with Crippen molar-refractivity contribution < 1.29 is 45.4 Å². The third-order valence-corrected chi connectivity index (χ3v) is 7.82. The number of anilines is 2. The number of halogens is 7. The molecule has 5 rings (SSSR count). The maximum atomic E-state index is 14.9. The van der Waals surface area contributed by atoms with Gasteiger partial charge in [-0.2, -0.15) is 18.2 Å². The highest BCUT2D eigenvalue weighted by molar-refractivity contribution is 8.14. The summed E-state index contributed by atoms with van der Waals surface area (Å²) in [5.74, 6) is -1.19. The van der Waals surface area contributed by atoms with Gasteiger partial charge in [-0.1, -0.05) is 43.8 Å². The molecule has 0 aliphatic carbocycles. The highest BCUT2D eigenvalue weighted by atomic mass is 32.2. The normalized spacial score (nSPS) is 16.4. The number of carbonyl (C=O) groups is 1. The number of nitrogens with one attached hydrogen (secondary N) is 1. The molecule has 2 N–H and O–H groups in total. The molecule has 48 heavy (non-hydrogen) atoms. The predicted octanol–water partition coefficient (Wildman–Crippen LogP) is 8.08. The van der Waals surface area contributed by atoms with Crippen molar-refractivity contribution in [2.24, 2.45) is 4.99 Å². The van der Waals surface area contributed by atoms with Gasteiger partial charge in [-0.3, -0.25) is 4.90 Å². The van der Waals surface area contributed by atoms with Gasteiger partial charge in [0.2, 0.25) is 0 Å². The molecule has 0 spiro atoms. The zero-order valence-electron chi connectivity index (χ0n) is 24.9. The van der Waals surface area contributed by atoms with Crippen LogP contribution >= 0.6 is 11.8 Å². The van der Waals surface area contributed by atoms with E-state index in [9.17, 15) is 40.6 Å². The van der Waals surface area contributed by atoms with Crippen LogP contribution in [0, 0.1) is 5.82 Å². The molecule has 0 saturated carbocycles. The molecular formula is C31H25F7N6O3S. The molecule has 0 radical (unpaired) electrons.